The average molecular weight is 272 g/mol. The molecule has 1 fully saturated rings. The summed E-state index contributed by atoms with van der Waals surface area (Å²) in [6.07, 6.45) is 12.3. The highest BCUT2D eigenvalue weighted by molar-refractivity contribution is 7.80. The molecule has 2 aliphatic rings. The van der Waals surface area contributed by atoms with Crippen LogP contribution >= 0.6 is 12.2 Å². The summed E-state index contributed by atoms with van der Waals surface area (Å²) in [6.45, 7) is 0. The van der Waals surface area contributed by atoms with Crippen LogP contribution < -0.4 is 10.7 Å². The van der Waals surface area contributed by atoms with Gasteiger partial charge < -0.3 is 5.32 Å². The van der Waals surface area contributed by atoms with Crippen molar-refractivity contribution < 1.29 is 0 Å². The van der Waals surface area contributed by atoms with Crippen LogP contribution in [-0.4, -0.2) is 22.4 Å². The summed E-state index contributed by atoms with van der Waals surface area (Å²) in [5, 5.41) is 8.03. The molecule has 1 heterocycles. The number of aromatic nitrogens is 1. The number of nitrogens with zero attached hydrogens (tertiary/aromatic N) is 2. The molecule has 0 aliphatic heterocycles. The number of pyridine rings is 1. The van der Waals surface area contributed by atoms with E-state index >= 15 is 0 Å². The van der Waals surface area contributed by atoms with E-state index in [1.807, 2.05) is 12.1 Å². The molecular weight excluding hydrogens is 256 g/mol. The van der Waals surface area contributed by atoms with Gasteiger partial charge in [0.2, 0.25) is 0 Å². The second kappa shape index (κ2) is 5.48. The molecule has 0 spiro atoms. The third-order valence-electron chi connectivity index (χ3n) is 3.66. The van der Waals surface area contributed by atoms with Gasteiger partial charge in [0.15, 0.2) is 5.11 Å². The summed E-state index contributed by atoms with van der Waals surface area (Å²) in [5.41, 5.74) is 3.80. The summed E-state index contributed by atoms with van der Waals surface area (Å²) in [7, 11) is 0. The van der Waals surface area contributed by atoms with E-state index in [0.717, 1.165) is 11.5 Å². The van der Waals surface area contributed by atoms with E-state index in [1.54, 1.807) is 18.6 Å². The predicted octanol–water partition coefficient (Wildman–Crippen LogP) is 1.84. The van der Waals surface area contributed by atoms with Gasteiger partial charge in [0.05, 0.1) is 6.21 Å². The molecule has 2 aliphatic carbocycles. The maximum Gasteiger partial charge on any atom is 0.187 e. The summed E-state index contributed by atoms with van der Waals surface area (Å²) >= 11 is 5.25. The van der Waals surface area contributed by atoms with Crippen molar-refractivity contribution in [2.45, 2.75) is 18.9 Å². The number of thiocarbonyl (C=S) groups is 1. The number of rotatable bonds is 3. The Kier molecular flexibility index (Phi) is 3.55. The highest BCUT2D eigenvalue weighted by Crippen LogP contribution is 2.38. The molecule has 4 nitrogen and oxygen atoms in total. The van der Waals surface area contributed by atoms with Crippen LogP contribution in [0.5, 0.6) is 0 Å². The Balaban J connectivity index is 1.47. The molecule has 0 radical (unpaired) electrons. The lowest BCUT2D eigenvalue weighted by atomic mass is 10.0. The van der Waals surface area contributed by atoms with Crippen LogP contribution in [0.25, 0.3) is 0 Å². The van der Waals surface area contributed by atoms with Gasteiger partial charge in [-0.3, -0.25) is 10.4 Å². The molecule has 98 valence electrons. The SMILES string of the molecule is S=C(N/N=C\c1cccnc1)N[C@H]1C[C@H]2C=C[C@H]1C2. The van der Waals surface area contributed by atoms with E-state index < -0.39 is 0 Å². The molecule has 2 N–H and O–H groups in total. The smallest absolute Gasteiger partial charge is 0.187 e. The van der Waals surface area contributed by atoms with E-state index in [1.165, 1.54) is 12.8 Å². The molecule has 1 aromatic rings. The van der Waals surface area contributed by atoms with Gasteiger partial charge in [-0.2, -0.15) is 5.10 Å². The molecule has 3 rings (SSSR count). The molecule has 1 aromatic heterocycles. The van der Waals surface area contributed by atoms with E-state index in [-0.39, 0.29) is 0 Å². The molecule has 0 amide bonds. The largest absolute Gasteiger partial charge is 0.358 e. The van der Waals surface area contributed by atoms with Crippen molar-refractivity contribution in [3.63, 3.8) is 0 Å². The summed E-state index contributed by atoms with van der Waals surface area (Å²) < 4.78 is 0. The second-order valence-corrected chi connectivity index (χ2v) is 5.42. The zero-order valence-electron chi connectivity index (χ0n) is 10.5. The standard InChI is InChI=1S/C14H16N4S/c19-14(17-13-7-10-3-4-12(13)6-10)18-16-9-11-2-1-5-15-8-11/h1-5,8-10,12-13H,6-7H2,(H2,17,18,19)/b16-9-/t10-,12-,13-/m0/s1. The number of nitrogens with one attached hydrogen (secondary N) is 2. The van der Waals surface area contributed by atoms with Crippen molar-refractivity contribution in [1.82, 2.24) is 15.7 Å². The maximum absolute atomic E-state index is 5.25. The molecular formula is C14H16N4S. The van der Waals surface area contributed by atoms with E-state index in [4.69, 9.17) is 12.2 Å². The third-order valence-corrected chi connectivity index (χ3v) is 3.87. The van der Waals surface area contributed by atoms with E-state index in [0.29, 0.717) is 17.1 Å². The number of hydrogen-bond acceptors (Lipinski definition) is 3. The lowest BCUT2D eigenvalue weighted by Gasteiger charge is -2.20. The van der Waals surface area contributed by atoms with Crippen LogP contribution in [0.2, 0.25) is 0 Å². The van der Waals surface area contributed by atoms with Crippen LogP contribution in [0, 0.1) is 11.8 Å². The number of allylic oxidation sites excluding steroid dienone is 1. The fourth-order valence-electron chi connectivity index (χ4n) is 2.77. The molecule has 3 atom stereocenters. The normalized spacial score (nSPS) is 27.9. The van der Waals surface area contributed by atoms with Gasteiger partial charge in [0.25, 0.3) is 0 Å². The Morgan fingerprint density at radius 2 is 2.37 bits per heavy atom. The second-order valence-electron chi connectivity index (χ2n) is 5.02. The van der Waals surface area contributed by atoms with Crippen LogP contribution in [-0.2, 0) is 0 Å². The minimum absolute atomic E-state index is 0.462. The van der Waals surface area contributed by atoms with Crippen molar-refractivity contribution >= 4 is 23.5 Å². The van der Waals surface area contributed by atoms with Crippen molar-refractivity contribution in [3.8, 4) is 0 Å². The first kappa shape index (κ1) is 12.3. The quantitative estimate of drug-likeness (QED) is 0.381. The first-order chi connectivity index (χ1) is 9.31. The minimum Gasteiger partial charge on any atom is -0.358 e. The summed E-state index contributed by atoms with van der Waals surface area (Å²) in [6, 6.07) is 4.28. The van der Waals surface area contributed by atoms with Gasteiger partial charge >= 0.3 is 0 Å². The topological polar surface area (TPSA) is 49.3 Å². The monoisotopic (exact) mass is 272 g/mol. The molecule has 2 bridgehead atoms. The molecule has 19 heavy (non-hydrogen) atoms. The van der Waals surface area contributed by atoms with Crippen LogP contribution in [0.4, 0.5) is 0 Å². The average Bonchev–Trinajstić information content (AvgIpc) is 3.02. The number of hydrogen-bond donors (Lipinski definition) is 2. The van der Waals surface area contributed by atoms with Crippen molar-refractivity contribution in [3.05, 3.63) is 42.2 Å². The van der Waals surface area contributed by atoms with Gasteiger partial charge in [0.1, 0.15) is 0 Å². The molecule has 5 heteroatoms. The Morgan fingerprint density at radius 1 is 1.42 bits per heavy atom. The lowest BCUT2D eigenvalue weighted by Crippen LogP contribution is -2.42. The highest BCUT2D eigenvalue weighted by atomic mass is 32.1. The fourth-order valence-corrected chi connectivity index (χ4v) is 2.97. The van der Waals surface area contributed by atoms with E-state index in [2.05, 4.69) is 33.0 Å². The van der Waals surface area contributed by atoms with Crippen molar-refractivity contribution in [1.29, 1.82) is 0 Å². The Morgan fingerprint density at radius 3 is 3.05 bits per heavy atom. The zero-order chi connectivity index (χ0) is 13.1. The third kappa shape index (κ3) is 2.98. The molecule has 0 aromatic carbocycles. The van der Waals surface area contributed by atoms with Gasteiger partial charge in [-0.1, -0.05) is 18.2 Å². The van der Waals surface area contributed by atoms with E-state index in [9.17, 15) is 0 Å². The first-order valence-corrected chi connectivity index (χ1v) is 6.90. The molecule has 0 unspecified atom stereocenters. The Labute approximate surface area is 118 Å². The number of fused-ring (bicyclic) bond motifs is 2. The van der Waals surface area contributed by atoms with Crippen molar-refractivity contribution in [2.24, 2.45) is 16.9 Å². The zero-order valence-corrected chi connectivity index (χ0v) is 11.3. The van der Waals surface area contributed by atoms with Crippen LogP contribution in [0.15, 0.2) is 41.8 Å². The molecule has 1 saturated carbocycles. The van der Waals surface area contributed by atoms with Crippen molar-refractivity contribution in [2.75, 3.05) is 0 Å². The maximum atomic E-state index is 5.25. The van der Waals surface area contributed by atoms with Gasteiger partial charge in [-0.15, -0.1) is 0 Å². The summed E-state index contributed by atoms with van der Waals surface area (Å²) in [5.74, 6) is 1.37. The molecule has 0 saturated heterocycles. The predicted molar refractivity (Wildman–Crippen MR) is 79.8 cm³/mol. The van der Waals surface area contributed by atoms with Gasteiger partial charge in [0, 0.05) is 24.0 Å². The highest BCUT2D eigenvalue weighted by Gasteiger charge is 2.35. The Bertz CT molecular complexity index is 511. The first-order valence-electron chi connectivity index (χ1n) is 6.49. The lowest BCUT2D eigenvalue weighted by molar-refractivity contribution is 0.521. The number of hydrazone groups is 1. The van der Waals surface area contributed by atoms with Crippen LogP contribution in [0.3, 0.4) is 0 Å². The Hall–Kier alpha value is -1.75. The van der Waals surface area contributed by atoms with Gasteiger partial charge in [-0.25, -0.2) is 0 Å². The van der Waals surface area contributed by atoms with Gasteiger partial charge in [-0.05, 0) is 43.0 Å². The summed E-state index contributed by atoms with van der Waals surface area (Å²) in [4.78, 5) is 4.02. The van der Waals surface area contributed by atoms with Crippen LogP contribution in [0.1, 0.15) is 18.4 Å². The minimum atomic E-state index is 0.462. The fraction of sp³-hybridized carbons (Fsp3) is 0.357.